The van der Waals surface area contributed by atoms with Crippen molar-refractivity contribution >= 4 is 18.9 Å². The molecule has 0 rings (SSSR count). The molecular weight excluding hydrogens is 126 g/mol. The quantitative estimate of drug-likeness (QED) is 0.400. The van der Waals surface area contributed by atoms with Gasteiger partial charge in [0.2, 0.25) is 0 Å². The zero-order valence-corrected chi connectivity index (χ0v) is 4.93. The van der Waals surface area contributed by atoms with Crippen LogP contribution in [0, 0.1) is 12.3 Å². The Hall–Kier alpha value is -0.820. The molecule has 0 spiro atoms. The van der Waals surface area contributed by atoms with Crippen LogP contribution < -0.4 is 0 Å². The van der Waals surface area contributed by atoms with Gasteiger partial charge in [0.05, 0.1) is 6.54 Å². The third-order valence-corrected chi connectivity index (χ3v) is 0.774. The Kier molecular flexibility index (Phi) is 2.89. The Morgan fingerprint density at radius 2 is 2.50 bits per heavy atom. The van der Waals surface area contributed by atoms with Crippen LogP contribution in [0.2, 0.25) is 0 Å². The monoisotopic (exact) mass is 131 g/mol. The molecular formula is C4H5NO2S. The first-order valence-electron chi connectivity index (χ1n) is 1.81. The van der Waals surface area contributed by atoms with Crippen LogP contribution in [0.15, 0.2) is 0 Å². The first-order valence-corrected chi connectivity index (χ1v) is 2.21. The number of rotatable bonds is 1. The van der Waals surface area contributed by atoms with Crippen molar-refractivity contribution < 1.29 is 9.90 Å². The number of nitrogens with zero attached hydrogens (tertiary/aromatic N) is 1. The van der Waals surface area contributed by atoms with Gasteiger partial charge in [0.1, 0.15) is 0 Å². The number of hydrogen-bond acceptors (Lipinski definition) is 2. The molecule has 0 saturated heterocycles. The lowest BCUT2D eigenvalue weighted by molar-refractivity contribution is 0.179. The minimum atomic E-state index is -1.13. The molecule has 4 heteroatoms. The lowest BCUT2D eigenvalue weighted by Gasteiger charge is -2.03. The van der Waals surface area contributed by atoms with Crippen molar-refractivity contribution in [3.8, 4) is 12.3 Å². The first kappa shape index (κ1) is 7.18. The molecule has 0 fully saturated rings. The normalized spacial score (nSPS) is 7.50. The number of amides is 1. The molecule has 0 aromatic rings. The summed E-state index contributed by atoms with van der Waals surface area (Å²) in [5.74, 6) is 2.12. The standard InChI is InChI=1S/C4H5NO2S/c1-2-3-5(8)4(6)7/h1,8H,3H2,(H,6,7). The first-order chi connectivity index (χ1) is 3.68. The number of hydrogen-bond donors (Lipinski definition) is 2. The minimum Gasteiger partial charge on any atom is -0.464 e. The number of carboxylic acid groups (broad SMARTS) is 1. The Morgan fingerprint density at radius 1 is 2.00 bits per heavy atom. The van der Waals surface area contributed by atoms with Gasteiger partial charge in [0.25, 0.3) is 0 Å². The Bertz CT molecular complexity index is 128. The summed E-state index contributed by atoms with van der Waals surface area (Å²) in [6.07, 6.45) is 3.63. The van der Waals surface area contributed by atoms with Crippen LogP contribution in [0.5, 0.6) is 0 Å². The smallest absolute Gasteiger partial charge is 0.418 e. The van der Waals surface area contributed by atoms with Crippen molar-refractivity contribution in [3.63, 3.8) is 0 Å². The fourth-order valence-electron chi connectivity index (χ4n) is 0.154. The molecule has 1 N–H and O–H groups in total. The van der Waals surface area contributed by atoms with E-state index in [0.29, 0.717) is 0 Å². The zero-order valence-electron chi connectivity index (χ0n) is 4.03. The van der Waals surface area contributed by atoms with Crippen LogP contribution in [0.4, 0.5) is 4.79 Å². The predicted molar refractivity (Wildman–Crippen MR) is 32.5 cm³/mol. The summed E-state index contributed by atoms with van der Waals surface area (Å²) in [6, 6.07) is 0. The van der Waals surface area contributed by atoms with Crippen LogP contribution in [-0.2, 0) is 0 Å². The number of terminal acetylenes is 1. The van der Waals surface area contributed by atoms with Gasteiger partial charge >= 0.3 is 6.09 Å². The maximum atomic E-state index is 9.84. The fraction of sp³-hybridized carbons (Fsp3) is 0.250. The summed E-state index contributed by atoms with van der Waals surface area (Å²) in [5.41, 5.74) is 0. The van der Waals surface area contributed by atoms with Crippen molar-refractivity contribution in [1.82, 2.24) is 4.31 Å². The Morgan fingerprint density at radius 3 is 2.62 bits per heavy atom. The van der Waals surface area contributed by atoms with E-state index in [0.717, 1.165) is 4.31 Å². The van der Waals surface area contributed by atoms with Gasteiger partial charge in [-0.05, 0) is 0 Å². The summed E-state index contributed by atoms with van der Waals surface area (Å²) in [7, 11) is 0. The Labute approximate surface area is 52.8 Å². The molecule has 8 heavy (non-hydrogen) atoms. The average molecular weight is 131 g/mol. The summed E-state index contributed by atoms with van der Waals surface area (Å²) in [5, 5.41) is 8.07. The van der Waals surface area contributed by atoms with E-state index >= 15 is 0 Å². The highest BCUT2D eigenvalue weighted by Gasteiger charge is 2.01. The van der Waals surface area contributed by atoms with Crippen molar-refractivity contribution in [2.24, 2.45) is 0 Å². The second-order valence-electron chi connectivity index (χ2n) is 1.04. The lowest BCUT2D eigenvalue weighted by atomic mass is 10.7. The molecule has 0 aromatic carbocycles. The molecule has 0 aliphatic heterocycles. The van der Waals surface area contributed by atoms with E-state index < -0.39 is 6.09 Å². The van der Waals surface area contributed by atoms with E-state index in [-0.39, 0.29) is 6.54 Å². The molecule has 0 atom stereocenters. The second kappa shape index (κ2) is 3.22. The van der Waals surface area contributed by atoms with Gasteiger partial charge in [-0.3, -0.25) is 0 Å². The predicted octanol–water partition coefficient (Wildman–Crippen LogP) is 0.444. The van der Waals surface area contributed by atoms with E-state index in [9.17, 15) is 4.79 Å². The van der Waals surface area contributed by atoms with E-state index in [1.54, 1.807) is 0 Å². The van der Waals surface area contributed by atoms with Gasteiger partial charge in [-0.1, -0.05) is 18.7 Å². The van der Waals surface area contributed by atoms with Gasteiger partial charge in [0, 0.05) is 0 Å². The zero-order chi connectivity index (χ0) is 6.57. The summed E-state index contributed by atoms with van der Waals surface area (Å²) >= 11 is 3.50. The minimum absolute atomic E-state index is 0.0123. The lowest BCUT2D eigenvalue weighted by Crippen LogP contribution is -2.18. The Balaban J connectivity index is 3.52. The topological polar surface area (TPSA) is 40.5 Å². The molecule has 0 heterocycles. The highest BCUT2D eigenvalue weighted by molar-refractivity contribution is 7.78. The highest BCUT2D eigenvalue weighted by Crippen LogP contribution is 1.89. The van der Waals surface area contributed by atoms with Crippen LogP contribution in [0.3, 0.4) is 0 Å². The molecule has 0 unspecified atom stereocenters. The van der Waals surface area contributed by atoms with E-state index in [1.165, 1.54) is 0 Å². The molecule has 0 bridgehead atoms. The molecule has 1 amide bonds. The maximum Gasteiger partial charge on any atom is 0.418 e. The largest absolute Gasteiger partial charge is 0.464 e. The third-order valence-electron chi connectivity index (χ3n) is 0.462. The van der Waals surface area contributed by atoms with Crippen LogP contribution >= 0.6 is 12.8 Å². The third kappa shape index (κ3) is 2.37. The van der Waals surface area contributed by atoms with Gasteiger partial charge in [-0.25, -0.2) is 9.10 Å². The molecule has 44 valence electrons. The van der Waals surface area contributed by atoms with Crippen LogP contribution in [-0.4, -0.2) is 22.0 Å². The molecule has 0 saturated carbocycles. The van der Waals surface area contributed by atoms with Gasteiger partial charge in [0.15, 0.2) is 0 Å². The summed E-state index contributed by atoms with van der Waals surface area (Å²) in [4.78, 5) is 9.84. The van der Waals surface area contributed by atoms with E-state index in [1.807, 2.05) is 0 Å². The molecule has 0 aliphatic carbocycles. The van der Waals surface area contributed by atoms with Crippen LogP contribution in [0.1, 0.15) is 0 Å². The van der Waals surface area contributed by atoms with Crippen molar-refractivity contribution in [2.75, 3.05) is 6.54 Å². The SMILES string of the molecule is C#CCN(S)C(=O)O. The van der Waals surface area contributed by atoms with Crippen LogP contribution in [0.25, 0.3) is 0 Å². The van der Waals surface area contributed by atoms with Crippen molar-refractivity contribution in [1.29, 1.82) is 0 Å². The maximum absolute atomic E-state index is 9.84. The number of thiol groups is 1. The van der Waals surface area contributed by atoms with E-state index in [4.69, 9.17) is 11.5 Å². The fourth-order valence-corrected chi connectivity index (χ4v) is 0.236. The summed E-state index contributed by atoms with van der Waals surface area (Å²) in [6.45, 7) is 0.0123. The second-order valence-corrected chi connectivity index (χ2v) is 1.53. The van der Waals surface area contributed by atoms with Crippen molar-refractivity contribution in [2.45, 2.75) is 0 Å². The molecule has 0 radical (unpaired) electrons. The number of carbonyl (C=O) groups is 1. The summed E-state index contributed by atoms with van der Waals surface area (Å²) < 4.78 is 0.722. The highest BCUT2D eigenvalue weighted by atomic mass is 32.1. The molecule has 3 nitrogen and oxygen atoms in total. The average Bonchev–Trinajstić information content (AvgIpc) is 1.67. The van der Waals surface area contributed by atoms with Crippen molar-refractivity contribution in [3.05, 3.63) is 0 Å². The van der Waals surface area contributed by atoms with Gasteiger partial charge in [-0.2, -0.15) is 0 Å². The van der Waals surface area contributed by atoms with Gasteiger partial charge < -0.3 is 5.11 Å². The van der Waals surface area contributed by atoms with Gasteiger partial charge in [-0.15, -0.1) is 6.42 Å². The molecule has 0 aromatic heterocycles. The molecule has 0 aliphatic rings. The van der Waals surface area contributed by atoms with E-state index in [2.05, 4.69) is 18.7 Å².